The summed E-state index contributed by atoms with van der Waals surface area (Å²) >= 11 is 0. The minimum atomic E-state index is -4.86. The zero-order valence-electron chi connectivity index (χ0n) is 11.6. The molecule has 0 amide bonds. The Kier molecular flexibility index (Phi) is 2.65. The second-order valence-corrected chi connectivity index (χ2v) is 5.81. The molecule has 0 saturated carbocycles. The van der Waals surface area contributed by atoms with Crippen molar-refractivity contribution in [2.24, 2.45) is 0 Å². The topological polar surface area (TPSA) is 45.4 Å². The summed E-state index contributed by atoms with van der Waals surface area (Å²) < 4.78 is 52.9. The maximum atomic E-state index is 13.4. The Hall–Kier alpha value is -2.44. The Morgan fingerprint density at radius 1 is 1.00 bits per heavy atom. The van der Waals surface area contributed by atoms with Gasteiger partial charge in [0.15, 0.2) is 0 Å². The number of fused-ring (bicyclic) bond motifs is 5. The summed E-state index contributed by atoms with van der Waals surface area (Å²) in [6, 6.07) is 2.35. The van der Waals surface area contributed by atoms with Crippen LogP contribution in [0.3, 0.4) is 0 Å². The fourth-order valence-electron chi connectivity index (χ4n) is 3.55. The van der Waals surface area contributed by atoms with Gasteiger partial charge in [0.2, 0.25) is 11.8 Å². The molecule has 2 N–H and O–H groups in total. The molecule has 0 aliphatic heterocycles. The molecular formula is C16H11F4NO2. The molecule has 2 aliphatic rings. The number of alkyl halides is 3. The fourth-order valence-corrected chi connectivity index (χ4v) is 3.55. The second kappa shape index (κ2) is 4.31. The van der Waals surface area contributed by atoms with E-state index in [1.165, 1.54) is 0 Å². The van der Waals surface area contributed by atoms with E-state index in [0.717, 1.165) is 17.1 Å². The normalized spacial score (nSPS) is 21.9. The van der Waals surface area contributed by atoms with Gasteiger partial charge in [-0.3, -0.25) is 4.57 Å². The van der Waals surface area contributed by atoms with Crippen molar-refractivity contribution in [1.29, 1.82) is 0 Å². The third-order valence-corrected chi connectivity index (χ3v) is 4.53. The minimum absolute atomic E-state index is 0.0512. The van der Waals surface area contributed by atoms with Gasteiger partial charge in [0, 0.05) is 23.0 Å². The standard InChI is InChI=1S/C16H11F4NO2/c17-11-4-3-9(6-10(11)16(18,19)20)21-14(22)12-7-1-2-8(5-7)13(12)15(21)23/h1-4,6-8,22-23H,5H2/t7-,8+. The van der Waals surface area contributed by atoms with Crippen molar-refractivity contribution in [3.8, 4) is 17.4 Å². The molecule has 2 atom stereocenters. The summed E-state index contributed by atoms with van der Waals surface area (Å²) in [5, 5.41) is 20.7. The first kappa shape index (κ1) is 14.2. The molecule has 120 valence electrons. The van der Waals surface area contributed by atoms with E-state index in [9.17, 15) is 27.8 Å². The van der Waals surface area contributed by atoms with Crippen LogP contribution in [-0.2, 0) is 6.18 Å². The van der Waals surface area contributed by atoms with Crippen LogP contribution < -0.4 is 0 Å². The van der Waals surface area contributed by atoms with E-state index in [2.05, 4.69) is 0 Å². The van der Waals surface area contributed by atoms with Gasteiger partial charge in [-0.2, -0.15) is 13.2 Å². The SMILES string of the molecule is Oc1c2c(c(O)n1-c1ccc(F)c(C(F)(F)F)c1)[C@H]1C=C[C@@H]2C1. The maximum absolute atomic E-state index is 13.4. The van der Waals surface area contributed by atoms with Crippen molar-refractivity contribution < 1.29 is 27.8 Å². The minimum Gasteiger partial charge on any atom is -0.494 e. The summed E-state index contributed by atoms with van der Waals surface area (Å²) in [5.74, 6) is -2.10. The fraction of sp³-hybridized carbons (Fsp3) is 0.250. The van der Waals surface area contributed by atoms with Crippen LogP contribution in [-0.4, -0.2) is 14.8 Å². The van der Waals surface area contributed by atoms with Crippen LogP contribution in [0.5, 0.6) is 11.8 Å². The maximum Gasteiger partial charge on any atom is 0.419 e. The number of aromatic nitrogens is 1. The van der Waals surface area contributed by atoms with Crippen LogP contribution in [0, 0.1) is 5.82 Å². The van der Waals surface area contributed by atoms with E-state index in [1.807, 2.05) is 12.2 Å². The highest BCUT2D eigenvalue weighted by Crippen LogP contribution is 2.57. The number of allylic oxidation sites excluding steroid dienone is 2. The number of rotatable bonds is 1. The lowest BCUT2D eigenvalue weighted by Gasteiger charge is -2.13. The molecule has 0 radical (unpaired) electrons. The van der Waals surface area contributed by atoms with Crippen LogP contribution in [0.25, 0.3) is 5.69 Å². The lowest BCUT2D eigenvalue weighted by Crippen LogP contribution is -2.09. The Labute approximate surface area is 128 Å². The summed E-state index contributed by atoms with van der Waals surface area (Å²) in [6.07, 6.45) is -0.309. The molecule has 0 fully saturated rings. The molecule has 4 rings (SSSR count). The van der Waals surface area contributed by atoms with Crippen molar-refractivity contribution in [1.82, 2.24) is 4.57 Å². The first-order valence-electron chi connectivity index (χ1n) is 7.01. The first-order chi connectivity index (χ1) is 10.8. The van der Waals surface area contributed by atoms with Gasteiger partial charge >= 0.3 is 6.18 Å². The number of hydrogen-bond donors (Lipinski definition) is 2. The highest BCUT2D eigenvalue weighted by atomic mass is 19.4. The van der Waals surface area contributed by atoms with Crippen molar-refractivity contribution in [3.63, 3.8) is 0 Å². The summed E-state index contributed by atoms with van der Waals surface area (Å²) in [7, 11) is 0. The van der Waals surface area contributed by atoms with Crippen molar-refractivity contribution in [2.75, 3.05) is 0 Å². The molecule has 0 unspecified atom stereocenters. The van der Waals surface area contributed by atoms with Gasteiger partial charge < -0.3 is 10.2 Å². The summed E-state index contributed by atoms with van der Waals surface area (Å²) in [5.41, 5.74) is -0.507. The second-order valence-electron chi connectivity index (χ2n) is 5.81. The Bertz CT molecular complexity index is 815. The highest BCUT2D eigenvalue weighted by molar-refractivity contribution is 5.62. The average molecular weight is 325 g/mol. The van der Waals surface area contributed by atoms with Gasteiger partial charge in [-0.05, 0) is 24.6 Å². The number of aromatic hydroxyl groups is 2. The van der Waals surface area contributed by atoms with E-state index in [4.69, 9.17) is 0 Å². The number of nitrogens with zero attached hydrogens (tertiary/aromatic N) is 1. The van der Waals surface area contributed by atoms with E-state index in [1.54, 1.807) is 0 Å². The molecule has 1 heterocycles. The molecule has 2 aliphatic carbocycles. The van der Waals surface area contributed by atoms with Crippen molar-refractivity contribution in [3.05, 3.63) is 52.9 Å². The molecule has 0 saturated heterocycles. The Balaban J connectivity index is 1.91. The first-order valence-corrected chi connectivity index (χ1v) is 7.01. The third-order valence-electron chi connectivity index (χ3n) is 4.53. The molecule has 2 bridgehead atoms. The zero-order valence-corrected chi connectivity index (χ0v) is 11.6. The van der Waals surface area contributed by atoms with Crippen LogP contribution in [0.1, 0.15) is 34.9 Å². The van der Waals surface area contributed by atoms with E-state index in [0.29, 0.717) is 23.3 Å². The van der Waals surface area contributed by atoms with Gasteiger partial charge in [-0.1, -0.05) is 12.2 Å². The van der Waals surface area contributed by atoms with Crippen LogP contribution in [0.15, 0.2) is 30.4 Å². The predicted octanol–water partition coefficient (Wildman–Crippen LogP) is 4.19. The zero-order chi connectivity index (χ0) is 16.5. The number of benzene rings is 1. The van der Waals surface area contributed by atoms with Crippen LogP contribution in [0.4, 0.5) is 17.6 Å². The highest BCUT2D eigenvalue weighted by Gasteiger charge is 2.41. The van der Waals surface area contributed by atoms with Gasteiger partial charge in [-0.25, -0.2) is 4.39 Å². The Morgan fingerprint density at radius 3 is 2.09 bits per heavy atom. The quantitative estimate of drug-likeness (QED) is 0.610. The average Bonchev–Trinajstić information content (AvgIpc) is 3.13. The third kappa shape index (κ3) is 1.82. The summed E-state index contributed by atoms with van der Waals surface area (Å²) in [4.78, 5) is 0. The van der Waals surface area contributed by atoms with Crippen molar-refractivity contribution >= 4 is 0 Å². The van der Waals surface area contributed by atoms with Gasteiger partial charge in [0.25, 0.3) is 0 Å². The number of hydrogen-bond acceptors (Lipinski definition) is 2. The van der Waals surface area contributed by atoms with Crippen LogP contribution >= 0.6 is 0 Å². The molecule has 0 spiro atoms. The van der Waals surface area contributed by atoms with Crippen LogP contribution in [0.2, 0.25) is 0 Å². The molecule has 3 nitrogen and oxygen atoms in total. The molecule has 1 aromatic heterocycles. The Morgan fingerprint density at radius 2 is 1.57 bits per heavy atom. The van der Waals surface area contributed by atoms with Crippen molar-refractivity contribution in [2.45, 2.75) is 24.4 Å². The molecular weight excluding hydrogens is 314 g/mol. The lowest BCUT2D eigenvalue weighted by molar-refractivity contribution is -0.140. The predicted molar refractivity (Wildman–Crippen MR) is 73.3 cm³/mol. The smallest absolute Gasteiger partial charge is 0.419 e. The molecule has 2 aromatic rings. The molecule has 7 heteroatoms. The molecule has 1 aromatic carbocycles. The monoisotopic (exact) mass is 325 g/mol. The summed E-state index contributed by atoms with van der Waals surface area (Å²) in [6.45, 7) is 0. The van der Waals surface area contributed by atoms with E-state index in [-0.39, 0.29) is 29.3 Å². The van der Waals surface area contributed by atoms with Gasteiger partial charge in [-0.15, -0.1) is 0 Å². The molecule has 23 heavy (non-hydrogen) atoms. The lowest BCUT2D eigenvalue weighted by atomic mass is 10.0. The van der Waals surface area contributed by atoms with E-state index >= 15 is 0 Å². The number of halogens is 4. The van der Waals surface area contributed by atoms with Gasteiger partial charge in [0.05, 0.1) is 11.3 Å². The van der Waals surface area contributed by atoms with E-state index < -0.39 is 17.6 Å². The van der Waals surface area contributed by atoms with Gasteiger partial charge in [0.1, 0.15) is 5.82 Å². The largest absolute Gasteiger partial charge is 0.494 e.